The molecule has 5 nitrogen and oxygen atoms in total. The highest BCUT2D eigenvalue weighted by Gasteiger charge is 2.21. The summed E-state index contributed by atoms with van der Waals surface area (Å²) in [4.78, 5) is 22.6. The first kappa shape index (κ1) is 14.1. The highest BCUT2D eigenvalue weighted by molar-refractivity contribution is 5.87. The molecule has 0 bridgehead atoms. The molecule has 0 aromatic rings. The van der Waals surface area contributed by atoms with Crippen LogP contribution in [-0.2, 0) is 14.3 Å². The molecule has 0 rings (SSSR count). The van der Waals surface area contributed by atoms with E-state index in [2.05, 4.69) is 0 Å². The highest BCUT2D eigenvalue weighted by Crippen LogP contribution is 2.08. The molecule has 0 fully saturated rings. The predicted octanol–water partition coefficient (Wildman–Crippen LogP) is 0.0260. The first-order chi connectivity index (χ1) is 7.02. The van der Waals surface area contributed by atoms with Gasteiger partial charge >= 0.3 is 11.9 Å². The molecule has 0 spiro atoms. The van der Waals surface area contributed by atoms with E-state index in [9.17, 15) is 9.59 Å². The maximum Gasteiger partial charge on any atom is 0.316 e. The molecular formula is C10H20N2O3. The minimum Gasteiger partial charge on any atom is -0.393 e. The van der Waals surface area contributed by atoms with Gasteiger partial charge in [0.05, 0.1) is 11.8 Å². The molecule has 0 amide bonds. The van der Waals surface area contributed by atoms with Gasteiger partial charge in [0.15, 0.2) is 0 Å². The number of hydrogen-bond donors (Lipinski definition) is 2. The fourth-order valence-electron chi connectivity index (χ4n) is 1.04. The normalized spacial score (nSPS) is 14.4. The second-order valence-electron chi connectivity index (χ2n) is 3.70. The largest absolute Gasteiger partial charge is 0.393 e. The predicted molar refractivity (Wildman–Crippen MR) is 56.8 cm³/mol. The zero-order chi connectivity index (χ0) is 11.8. The summed E-state index contributed by atoms with van der Waals surface area (Å²) in [6.45, 7) is 4.19. The third kappa shape index (κ3) is 5.49. The average molecular weight is 216 g/mol. The van der Waals surface area contributed by atoms with Gasteiger partial charge < -0.3 is 16.2 Å². The van der Waals surface area contributed by atoms with Crippen molar-refractivity contribution in [1.29, 1.82) is 0 Å². The number of ether oxygens (including phenoxy) is 1. The summed E-state index contributed by atoms with van der Waals surface area (Å²) in [6.07, 6.45) is 1.05. The van der Waals surface area contributed by atoms with E-state index >= 15 is 0 Å². The molecule has 88 valence electrons. The molecule has 2 unspecified atom stereocenters. The lowest BCUT2D eigenvalue weighted by Crippen LogP contribution is -2.25. The molecule has 0 heterocycles. The van der Waals surface area contributed by atoms with Crippen molar-refractivity contribution >= 4 is 11.9 Å². The van der Waals surface area contributed by atoms with Crippen LogP contribution in [0.2, 0.25) is 0 Å². The quantitative estimate of drug-likeness (QED) is 0.482. The Kier molecular flexibility index (Phi) is 6.90. The van der Waals surface area contributed by atoms with Gasteiger partial charge in [-0.1, -0.05) is 13.8 Å². The average Bonchev–Trinajstić information content (AvgIpc) is 2.18. The lowest BCUT2D eigenvalue weighted by molar-refractivity contribution is -0.165. The van der Waals surface area contributed by atoms with Crippen molar-refractivity contribution < 1.29 is 14.3 Å². The Morgan fingerprint density at radius 1 is 1.00 bits per heavy atom. The fraction of sp³-hybridized carbons (Fsp3) is 0.800. The van der Waals surface area contributed by atoms with Crippen LogP contribution >= 0.6 is 0 Å². The Morgan fingerprint density at radius 3 is 1.60 bits per heavy atom. The van der Waals surface area contributed by atoms with E-state index in [1.165, 1.54) is 0 Å². The van der Waals surface area contributed by atoms with E-state index in [1.807, 2.05) is 0 Å². The van der Waals surface area contributed by atoms with E-state index in [-0.39, 0.29) is 11.8 Å². The smallest absolute Gasteiger partial charge is 0.316 e. The van der Waals surface area contributed by atoms with Crippen LogP contribution in [0.15, 0.2) is 0 Å². The fourth-order valence-corrected chi connectivity index (χ4v) is 1.04. The topological polar surface area (TPSA) is 95.4 Å². The van der Waals surface area contributed by atoms with Crippen LogP contribution in [0.3, 0.4) is 0 Å². The van der Waals surface area contributed by atoms with Gasteiger partial charge in [0.25, 0.3) is 0 Å². The number of hydrogen-bond acceptors (Lipinski definition) is 5. The summed E-state index contributed by atoms with van der Waals surface area (Å²) in [5.74, 6) is -1.67. The first-order valence-corrected chi connectivity index (χ1v) is 5.18. The Balaban J connectivity index is 4.00. The summed E-state index contributed by atoms with van der Waals surface area (Å²) in [7, 11) is 0. The van der Waals surface area contributed by atoms with Crippen LogP contribution < -0.4 is 11.5 Å². The molecule has 5 heteroatoms. The Labute approximate surface area is 90.1 Å². The first-order valence-electron chi connectivity index (χ1n) is 5.18. The van der Waals surface area contributed by atoms with Crippen LogP contribution in [0, 0.1) is 11.8 Å². The van der Waals surface area contributed by atoms with Crippen molar-refractivity contribution in [2.75, 3.05) is 13.1 Å². The minimum atomic E-state index is -0.505. The number of carbonyl (C=O) groups excluding carboxylic acids is 2. The number of carbonyl (C=O) groups is 2. The van der Waals surface area contributed by atoms with Gasteiger partial charge in [-0.05, 0) is 25.9 Å². The number of nitrogens with two attached hydrogens (primary N) is 2. The maximum absolute atomic E-state index is 11.3. The van der Waals surface area contributed by atoms with E-state index in [0.29, 0.717) is 25.9 Å². The zero-order valence-corrected chi connectivity index (χ0v) is 9.36. The summed E-state index contributed by atoms with van der Waals surface area (Å²) in [5, 5.41) is 0. The molecule has 0 aliphatic rings. The standard InChI is InChI=1S/C10H20N2O3/c1-7(3-5-11)9(13)15-10(14)8(2)4-6-12/h7-8H,3-6,11-12H2,1-2H3. The molecule has 0 aromatic heterocycles. The van der Waals surface area contributed by atoms with Crippen LogP contribution in [0.1, 0.15) is 26.7 Å². The Bertz CT molecular complexity index is 197. The molecule has 0 aliphatic carbocycles. The molecule has 2 atom stereocenters. The SMILES string of the molecule is CC(CCN)C(=O)OC(=O)C(C)CCN. The molecule has 0 aliphatic heterocycles. The van der Waals surface area contributed by atoms with Gasteiger partial charge in [0.1, 0.15) is 0 Å². The van der Waals surface area contributed by atoms with Crippen molar-refractivity contribution in [2.45, 2.75) is 26.7 Å². The Morgan fingerprint density at radius 2 is 1.33 bits per heavy atom. The van der Waals surface area contributed by atoms with Crippen molar-refractivity contribution in [1.82, 2.24) is 0 Å². The van der Waals surface area contributed by atoms with Gasteiger partial charge in [-0.3, -0.25) is 9.59 Å². The van der Waals surface area contributed by atoms with Crippen molar-refractivity contribution in [2.24, 2.45) is 23.3 Å². The second kappa shape index (κ2) is 7.36. The van der Waals surface area contributed by atoms with E-state index in [4.69, 9.17) is 16.2 Å². The van der Waals surface area contributed by atoms with Gasteiger partial charge in [-0.15, -0.1) is 0 Å². The van der Waals surface area contributed by atoms with Crippen molar-refractivity contribution in [3.8, 4) is 0 Å². The summed E-state index contributed by atoms with van der Waals surface area (Å²) >= 11 is 0. The van der Waals surface area contributed by atoms with Crippen molar-refractivity contribution in [3.63, 3.8) is 0 Å². The Hall–Kier alpha value is -0.940. The monoisotopic (exact) mass is 216 g/mol. The van der Waals surface area contributed by atoms with Gasteiger partial charge in [0.2, 0.25) is 0 Å². The molecule has 0 saturated heterocycles. The molecule has 15 heavy (non-hydrogen) atoms. The van der Waals surface area contributed by atoms with Crippen LogP contribution in [-0.4, -0.2) is 25.0 Å². The van der Waals surface area contributed by atoms with Crippen molar-refractivity contribution in [3.05, 3.63) is 0 Å². The second-order valence-corrected chi connectivity index (χ2v) is 3.70. The van der Waals surface area contributed by atoms with E-state index < -0.39 is 11.9 Å². The summed E-state index contributed by atoms with van der Waals surface area (Å²) in [6, 6.07) is 0. The number of esters is 2. The number of rotatable bonds is 6. The molecule has 0 radical (unpaired) electrons. The van der Waals surface area contributed by atoms with Gasteiger partial charge in [0, 0.05) is 0 Å². The van der Waals surface area contributed by atoms with Crippen LogP contribution in [0.25, 0.3) is 0 Å². The molecule has 0 saturated carbocycles. The zero-order valence-electron chi connectivity index (χ0n) is 9.36. The molecule has 0 aromatic carbocycles. The van der Waals surface area contributed by atoms with Crippen LogP contribution in [0.4, 0.5) is 0 Å². The third-order valence-corrected chi connectivity index (χ3v) is 2.21. The highest BCUT2D eigenvalue weighted by atomic mass is 16.6. The third-order valence-electron chi connectivity index (χ3n) is 2.21. The van der Waals surface area contributed by atoms with Gasteiger partial charge in [-0.2, -0.15) is 0 Å². The maximum atomic E-state index is 11.3. The van der Waals surface area contributed by atoms with E-state index in [1.54, 1.807) is 13.8 Å². The molecule has 4 N–H and O–H groups in total. The summed E-state index contributed by atoms with van der Waals surface area (Å²) < 4.78 is 4.69. The van der Waals surface area contributed by atoms with E-state index in [0.717, 1.165) is 0 Å². The lowest BCUT2D eigenvalue weighted by atomic mass is 10.1. The minimum absolute atomic E-state index is 0.330. The lowest BCUT2D eigenvalue weighted by Gasteiger charge is -2.12. The summed E-state index contributed by atoms with van der Waals surface area (Å²) in [5.41, 5.74) is 10.6. The van der Waals surface area contributed by atoms with Crippen LogP contribution in [0.5, 0.6) is 0 Å². The molecular weight excluding hydrogens is 196 g/mol. The van der Waals surface area contributed by atoms with Gasteiger partial charge in [-0.25, -0.2) is 0 Å².